The number of imidazole rings is 1. The van der Waals surface area contributed by atoms with E-state index in [1.165, 1.54) is 7.11 Å². The molecule has 2 aromatic carbocycles. The summed E-state index contributed by atoms with van der Waals surface area (Å²) in [7, 11) is 1.38. The molecule has 0 spiro atoms. The predicted molar refractivity (Wildman–Crippen MR) is 105 cm³/mol. The van der Waals surface area contributed by atoms with Crippen LogP contribution in [0.25, 0.3) is 11.0 Å². The Morgan fingerprint density at radius 3 is 2.85 bits per heavy atom. The van der Waals surface area contributed by atoms with E-state index in [1.807, 2.05) is 44.2 Å². The van der Waals surface area contributed by atoms with E-state index in [-0.39, 0.29) is 5.97 Å². The second-order valence-electron chi connectivity index (χ2n) is 6.07. The van der Waals surface area contributed by atoms with Crippen molar-refractivity contribution >= 4 is 17.0 Å². The highest BCUT2D eigenvalue weighted by Gasteiger charge is 2.18. The number of para-hydroxylation sites is 2. The number of methoxy groups -OCH3 is 1. The number of H-pyrrole nitrogens is 1. The standard InChI is InChI=1S/C19H19N3O3.C2H6/c1-24-19(23)13-6-7-14-11-22(8-9-25-17(14)10-13)12-18-20-15-4-2-3-5-16(15)21-18;1-2/h2-7,10H,8-9,11-12H2,1H3,(H,20,21);1-2H3. The molecule has 0 radical (unpaired) electrons. The first-order valence-electron chi connectivity index (χ1n) is 9.23. The van der Waals surface area contributed by atoms with Crippen LogP contribution in [0.3, 0.4) is 0 Å². The van der Waals surface area contributed by atoms with Crippen molar-refractivity contribution in [2.75, 3.05) is 20.3 Å². The van der Waals surface area contributed by atoms with E-state index in [9.17, 15) is 4.79 Å². The molecule has 1 N–H and O–H groups in total. The number of carbonyl (C=O) groups excluding carboxylic acids is 1. The topological polar surface area (TPSA) is 67.5 Å². The number of hydrogen-bond acceptors (Lipinski definition) is 5. The zero-order chi connectivity index (χ0) is 19.2. The van der Waals surface area contributed by atoms with E-state index in [2.05, 4.69) is 14.9 Å². The number of carbonyl (C=O) groups is 1. The Morgan fingerprint density at radius 1 is 1.26 bits per heavy atom. The van der Waals surface area contributed by atoms with Gasteiger partial charge in [0.05, 0.1) is 30.3 Å². The largest absolute Gasteiger partial charge is 0.492 e. The van der Waals surface area contributed by atoms with Gasteiger partial charge in [-0.05, 0) is 24.3 Å². The molecule has 1 aliphatic rings. The highest BCUT2D eigenvalue weighted by molar-refractivity contribution is 5.89. The number of fused-ring (bicyclic) bond motifs is 2. The monoisotopic (exact) mass is 367 g/mol. The molecule has 27 heavy (non-hydrogen) atoms. The third-order valence-corrected chi connectivity index (χ3v) is 4.36. The zero-order valence-corrected chi connectivity index (χ0v) is 16.0. The lowest BCUT2D eigenvalue weighted by Gasteiger charge is -2.17. The Labute approximate surface area is 159 Å². The molecule has 0 aliphatic carbocycles. The lowest BCUT2D eigenvalue weighted by atomic mass is 10.1. The van der Waals surface area contributed by atoms with Crippen LogP contribution in [-0.4, -0.2) is 41.1 Å². The molecule has 3 aromatic rings. The van der Waals surface area contributed by atoms with Crippen molar-refractivity contribution in [2.24, 2.45) is 0 Å². The summed E-state index contributed by atoms with van der Waals surface area (Å²) in [6, 6.07) is 13.5. The maximum Gasteiger partial charge on any atom is 0.337 e. The van der Waals surface area contributed by atoms with Gasteiger partial charge in [-0.15, -0.1) is 0 Å². The van der Waals surface area contributed by atoms with Crippen LogP contribution in [-0.2, 0) is 17.8 Å². The van der Waals surface area contributed by atoms with Gasteiger partial charge in [0, 0.05) is 18.7 Å². The number of esters is 1. The molecule has 1 aliphatic heterocycles. The molecule has 0 saturated carbocycles. The van der Waals surface area contributed by atoms with Crippen LogP contribution in [0.4, 0.5) is 0 Å². The summed E-state index contributed by atoms with van der Waals surface area (Å²) in [4.78, 5) is 22.0. The fraction of sp³-hybridized carbons (Fsp3) is 0.333. The number of nitrogens with one attached hydrogen (secondary N) is 1. The number of rotatable bonds is 3. The zero-order valence-electron chi connectivity index (χ0n) is 16.0. The van der Waals surface area contributed by atoms with Crippen LogP contribution in [0.1, 0.15) is 35.6 Å². The second kappa shape index (κ2) is 8.68. The normalized spacial score (nSPS) is 13.7. The van der Waals surface area contributed by atoms with E-state index < -0.39 is 0 Å². The van der Waals surface area contributed by atoms with Gasteiger partial charge in [0.25, 0.3) is 0 Å². The highest BCUT2D eigenvalue weighted by Crippen LogP contribution is 2.25. The number of aromatic nitrogens is 2. The molecule has 0 amide bonds. The quantitative estimate of drug-likeness (QED) is 0.714. The summed E-state index contributed by atoms with van der Waals surface area (Å²) in [6.07, 6.45) is 0. The minimum absolute atomic E-state index is 0.352. The van der Waals surface area contributed by atoms with Gasteiger partial charge in [0.1, 0.15) is 18.2 Å². The van der Waals surface area contributed by atoms with Gasteiger partial charge in [-0.1, -0.05) is 32.0 Å². The molecule has 4 rings (SSSR count). The molecule has 2 heterocycles. The summed E-state index contributed by atoms with van der Waals surface area (Å²) in [5, 5.41) is 0. The second-order valence-corrected chi connectivity index (χ2v) is 6.07. The van der Waals surface area contributed by atoms with Crippen molar-refractivity contribution in [2.45, 2.75) is 26.9 Å². The third kappa shape index (κ3) is 4.28. The average Bonchev–Trinajstić information content (AvgIpc) is 3.01. The number of aromatic amines is 1. The summed E-state index contributed by atoms with van der Waals surface area (Å²) in [5.41, 5.74) is 3.59. The minimum atomic E-state index is -0.352. The van der Waals surface area contributed by atoms with Crippen LogP contribution in [0, 0.1) is 0 Å². The van der Waals surface area contributed by atoms with Crippen LogP contribution >= 0.6 is 0 Å². The summed E-state index contributed by atoms with van der Waals surface area (Å²) >= 11 is 0. The number of benzene rings is 2. The Kier molecular flexibility index (Phi) is 6.08. The Balaban J connectivity index is 0.00000102. The Morgan fingerprint density at radius 2 is 2.07 bits per heavy atom. The van der Waals surface area contributed by atoms with Crippen molar-refractivity contribution < 1.29 is 14.3 Å². The highest BCUT2D eigenvalue weighted by atomic mass is 16.5. The van der Waals surface area contributed by atoms with Crippen LogP contribution < -0.4 is 4.74 Å². The van der Waals surface area contributed by atoms with Crippen molar-refractivity contribution in [3.63, 3.8) is 0 Å². The van der Waals surface area contributed by atoms with Gasteiger partial charge in [0.2, 0.25) is 0 Å². The summed E-state index contributed by atoms with van der Waals surface area (Å²) < 4.78 is 10.6. The number of ether oxygens (including phenoxy) is 2. The van der Waals surface area contributed by atoms with Crippen molar-refractivity contribution in [3.8, 4) is 5.75 Å². The first-order chi connectivity index (χ1) is 13.2. The van der Waals surface area contributed by atoms with E-state index in [4.69, 9.17) is 9.47 Å². The van der Waals surface area contributed by atoms with Gasteiger partial charge >= 0.3 is 5.97 Å². The maximum absolute atomic E-state index is 11.7. The van der Waals surface area contributed by atoms with E-state index in [0.29, 0.717) is 12.2 Å². The van der Waals surface area contributed by atoms with Crippen molar-refractivity contribution in [1.29, 1.82) is 0 Å². The Hall–Kier alpha value is -2.86. The molecule has 0 fully saturated rings. The van der Waals surface area contributed by atoms with Gasteiger partial charge < -0.3 is 14.5 Å². The van der Waals surface area contributed by atoms with Crippen molar-refractivity contribution in [3.05, 3.63) is 59.4 Å². The van der Waals surface area contributed by atoms with Gasteiger partial charge in [-0.3, -0.25) is 4.90 Å². The molecule has 1 aromatic heterocycles. The fourth-order valence-electron chi connectivity index (χ4n) is 3.10. The van der Waals surface area contributed by atoms with Gasteiger partial charge in [-0.2, -0.15) is 0 Å². The summed E-state index contributed by atoms with van der Waals surface area (Å²) in [6.45, 7) is 6.82. The Bertz CT molecular complexity index is 887. The molecule has 142 valence electrons. The molecule has 0 unspecified atom stereocenters. The maximum atomic E-state index is 11.7. The molecule has 0 atom stereocenters. The fourth-order valence-corrected chi connectivity index (χ4v) is 3.10. The molecule has 6 nitrogen and oxygen atoms in total. The SMILES string of the molecule is CC.COC(=O)c1ccc2c(c1)OCCN(Cc1nc3ccccc3[nH]1)C2. The van der Waals surface area contributed by atoms with Crippen LogP contribution in [0.15, 0.2) is 42.5 Å². The van der Waals surface area contributed by atoms with E-state index >= 15 is 0 Å². The van der Waals surface area contributed by atoms with Crippen LogP contribution in [0.2, 0.25) is 0 Å². The molecule has 0 bridgehead atoms. The first kappa shape index (κ1) is 18.9. The van der Waals surface area contributed by atoms with E-state index in [0.717, 1.165) is 47.8 Å². The number of hydrogen-bond donors (Lipinski definition) is 1. The average molecular weight is 367 g/mol. The van der Waals surface area contributed by atoms with Crippen LogP contribution in [0.5, 0.6) is 5.75 Å². The van der Waals surface area contributed by atoms with Gasteiger partial charge in [0.15, 0.2) is 0 Å². The lowest BCUT2D eigenvalue weighted by Crippen LogP contribution is -2.25. The molecule has 0 saturated heterocycles. The molecular weight excluding hydrogens is 342 g/mol. The van der Waals surface area contributed by atoms with Crippen molar-refractivity contribution in [1.82, 2.24) is 14.9 Å². The molecule has 6 heteroatoms. The molecular formula is C21H25N3O3. The number of nitrogens with zero attached hydrogens (tertiary/aromatic N) is 2. The summed E-state index contributed by atoms with van der Waals surface area (Å²) in [5.74, 6) is 1.33. The smallest absolute Gasteiger partial charge is 0.337 e. The predicted octanol–water partition coefficient (Wildman–Crippen LogP) is 3.77. The van der Waals surface area contributed by atoms with E-state index in [1.54, 1.807) is 12.1 Å². The first-order valence-corrected chi connectivity index (χ1v) is 9.23. The minimum Gasteiger partial charge on any atom is -0.492 e. The van der Waals surface area contributed by atoms with Gasteiger partial charge in [-0.25, -0.2) is 9.78 Å². The lowest BCUT2D eigenvalue weighted by molar-refractivity contribution is 0.0600. The third-order valence-electron chi connectivity index (χ3n) is 4.36.